The lowest BCUT2D eigenvalue weighted by atomic mass is 10.2. The van der Waals surface area contributed by atoms with Gasteiger partial charge < -0.3 is 10.5 Å². The molecule has 0 unspecified atom stereocenters. The molecule has 0 amide bonds. The van der Waals surface area contributed by atoms with Crippen LogP contribution in [-0.4, -0.2) is 4.98 Å². The van der Waals surface area contributed by atoms with Crippen molar-refractivity contribution >= 4 is 11.6 Å². The van der Waals surface area contributed by atoms with Crippen molar-refractivity contribution in [2.24, 2.45) is 5.73 Å². The van der Waals surface area contributed by atoms with E-state index in [4.69, 9.17) is 22.1 Å². The van der Waals surface area contributed by atoms with Gasteiger partial charge in [-0.15, -0.1) is 0 Å². The van der Waals surface area contributed by atoms with E-state index >= 15 is 0 Å². The second-order valence-electron chi connectivity index (χ2n) is 4.12. The Balaban J connectivity index is 1.95. The molecule has 0 bridgehead atoms. The molecule has 0 radical (unpaired) electrons. The van der Waals surface area contributed by atoms with Gasteiger partial charge in [0.25, 0.3) is 0 Å². The van der Waals surface area contributed by atoms with Crippen LogP contribution in [0.25, 0.3) is 0 Å². The van der Waals surface area contributed by atoms with E-state index in [1.54, 1.807) is 6.20 Å². The number of benzene rings is 1. The molecule has 0 saturated heterocycles. The van der Waals surface area contributed by atoms with Gasteiger partial charge in [0.2, 0.25) is 0 Å². The zero-order valence-electron chi connectivity index (χ0n) is 10.1. The van der Waals surface area contributed by atoms with Gasteiger partial charge in [-0.3, -0.25) is 4.98 Å². The first-order valence-corrected chi connectivity index (χ1v) is 6.12. The van der Waals surface area contributed by atoms with Gasteiger partial charge in [0.1, 0.15) is 12.4 Å². The molecule has 1 heterocycles. The lowest BCUT2D eigenvalue weighted by Crippen LogP contribution is -2.07. The summed E-state index contributed by atoms with van der Waals surface area (Å²) in [5.74, 6) is 0.731. The number of halogens is 1. The Kier molecular flexibility index (Phi) is 4.18. The molecule has 18 heavy (non-hydrogen) atoms. The fraction of sp³-hybridized carbons (Fsp3) is 0.214. The van der Waals surface area contributed by atoms with Crippen LogP contribution < -0.4 is 10.5 Å². The van der Waals surface area contributed by atoms with Gasteiger partial charge in [-0.1, -0.05) is 23.7 Å². The number of hydrogen-bond acceptors (Lipinski definition) is 3. The van der Waals surface area contributed by atoms with Crippen LogP contribution in [0.1, 0.15) is 24.2 Å². The summed E-state index contributed by atoms with van der Waals surface area (Å²) < 4.78 is 5.62. The molecule has 3 nitrogen and oxygen atoms in total. The fourth-order valence-electron chi connectivity index (χ4n) is 1.49. The molecule has 1 atom stereocenters. The first-order chi connectivity index (χ1) is 8.65. The Bertz CT molecular complexity index is 494. The summed E-state index contributed by atoms with van der Waals surface area (Å²) in [7, 11) is 0. The van der Waals surface area contributed by atoms with Crippen molar-refractivity contribution in [2.75, 3.05) is 0 Å². The van der Waals surface area contributed by atoms with Crippen molar-refractivity contribution in [2.45, 2.75) is 19.6 Å². The first kappa shape index (κ1) is 12.9. The largest absolute Gasteiger partial charge is 0.487 e. The van der Waals surface area contributed by atoms with Crippen LogP contribution >= 0.6 is 11.6 Å². The third-order valence-electron chi connectivity index (χ3n) is 2.54. The Morgan fingerprint density at radius 2 is 1.94 bits per heavy atom. The molecule has 0 spiro atoms. The predicted octanol–water partition coefficient (Wildman–Crippen LogP) is 3.33. The van der Waals surface area contributed by atoms with E-state index in [9.17, 15) is 0 Å². The van der Waals surface area contributed by atoms with Gasteiger partial charge in [-0.2, -0.15) is 0 Å². The first-order valence-electron chi connectivity index (χ1n) is 5.74. The fourth-order valence-corrected chi connectivity index (χ4v) is 1.62. The van der Waals surface area contributed by atoms with E-state index in [0.717, 1.165) is 22.0 Å². The van der Waals surface area contributed by atoms with Crippen LogP contribution in [0.15, 0.2) is 42.6 Å². The molecule has 0 saturated carbocycles. The Morgan fingerprint density at radius 1 is 1.22 bits per heavy atom. The molecule has 1 aromatic heterocycles. The topological polar surface area (TPSA) is 48.1 Å². The van der Waals surface area contributed by atoms with E-state index in [2.05, 4.69) is 4.98 Å². The highest BCUT2D eigenvalue weighted by atomic mass is 35.5. The van der Waals surface area contributed by atoms with Gasteiger partial charge in [-0.25, -0.2) is 0 Å². The second-order valence-corrected chi connectivity index (χ2v) is 4.56. The molecule has 0 aliphatic carbocycles. The smallest absolute Gasteiger partial charge is 0.138 e. The number of aromatic nitrogens is 1. The minimum absolute atomic E-state index is 0.0599. The highest BCUT2D eigenvalue weighted by Crippen LogP contribution is 2.15. The van der Waals surface area contributed by atoms with E-state index in [1.165, 1.54) is 0 Å². The average Bonchev–Trinajstić information content (AvgIpc) is 2.38. The van der Waals surface area contributed by atoms with Crippen LogP contribution in [0.5, 0.6) is 5.75 Å². The van der Waals surface area contributed by atoms with Crippen LogP contribution in [0.3, 0.4) is 0 Å². The Hall–Kier alpha value is -1.58. The number of hydrogen-bond donors (Lipinski definition) is 1. The van der Waals surface area contributed by atoms with Crippen LogP contribution in [0.4, 0.5) is 0 Å². The summed E-state index contributed by atoms with van der Waals surface area (Å²) >= 11 is 5.81. The molecule has 0 fully saturated rings. The van der Waals surface area contributed by atoms with Crippen molar-refractivity contribution in [3.63, 3.8) is 0 Å². The number of nitrogens with two attached hydrogens (primary N) is 1. The standard InChI is InChI=1S/C14H15ClN2O/c1-10(16)14-7-6-13(8-17-14)18-9-11-2-4-12(15)5-3-11/h2-8,10H,9,16H2,1H3/t10-/m0/s1. The van der Waals surface area contributed by atoms with E-state index in [0.29, 0.717) is 6.61 Å². The van der Waals surface area contributed by atoms with Gasteiger partial charge in [-0.05, 0) is 36.8 Å². The minimum Gasteiger partial charge on any atom is -0.487 e. The highest BCUT2D eigenvalue weighted by Gasteiger charge is 2.01. The number of ether oxygens (including phenoxy) is 1. The van der Waals surface area contributed by atoms with Crippen molar-refractivity contribution in [3.05, 3.63) is 58.9 Å². The zero-order valence-corrected chi connectivity index (χ0v) is 10.9. The molecule has 0 aliphatic heterocycles. The summed E-state index contributed by atoms with van der Waals surface area (Å²) in [6.07, 6.45) is 1.69. The van der Waals surface area contributed by atoms with Crippen LogP contribution in [0, 0.1) is 0 Å². The second kappa shape index (κ2) is 5.85. The number of nitrogens with zero attached hydrogens (tertiary/aromatic N) is 1. The molecule has 0 aliphatic rings. The maximum atomic E-state index is 5.81. The summed E-state index contributed by atoms with van der Waals surface area (Å²) in [5, 5.41) is 0.724. The van der Waals surface area contributed by atoms with Crippen molar-refractivity contribution in [1.29, 1.82) is 0 Å². The predicted molar refractivity (Wildman–Crippen MR) is 72.6 cm³/mol. The van der Waals surface area contributed by atoms with Gasteiger partial charge >= 0.3 is 0 Å². The van der Waals surface area contributed by atoms with Gasteiger partial charge in [0, 0.05) is 11.1 Å². The van der Waals surface area contributed by atoms with Crippen molar-refractivity contribution in [1.82, 2.24) is 4.98 Å². The molecule has 4 heteroatoms. The van der Waals surface area contributed by atoms with Gasteiger partial charge in [0.05, 0.1) is 11.9 Å². The molecular weight excluding hydrogens is 248 g/mol. The van der Waals surface area contributed by atoms with Crippen LogP contribution in [0.2, 0.25) is 5.02 Å². The summed E-state index contributed by atoms with van der Waals surface area (Å²) in [5.41, 5.74) is 7.65. The third-order valence-corrected chi connectivity index (χ3v) is 2.80. The third kappa shape index (κ3) is 3.45. The Morgan fingerprint density at radius 3 is 2.50 bits per heavy atom. The van der Waals surface area contributed by atoms with E-state index in [1.807, 2.05) is 43.3 Å². The Labute approximate surface area is 112 Å². The highest BCUT2D eigenvalue weighted by molar-refractivity contribution is 6.30. The van der Waals surface area contributed by atoms with E-state index in [-0.39, 0.29) is 6.04 Å². The van der Waals surface area contributed by atoms with Crippen molar-refractivity contribution < 1.29 is 4.74 Å². The summed E-state index contributed by atoms with van der Waals surface area (Å²) in [6.45, 7) is 2.40. The quantitative estimate of drug-likeness (QED) is 0.919. The maximum Gasteiger partial charge on any atom is 0.138 e. The van der Waals surface area contributed by atoms with Gasteiger partial charge in [0.15, 0.2) is 0 Å². The van der Waals surface area contributed by atoms with Crippen molar-refractivity contribution in [3.8, 4) is 5.75 Å². The SMILES string of the molecule is C[C@H](N)c1ccc(OCc2ccc(Cl)cc2)cn1. The maximum absolute atomic E-state index is 5.81. The summed E-state index contributed by atoms with van der Waals surface area (Å²) in [4.78, 5) is 4.23. The molecule has 2 N–H and O–H groups in total. The normalized spacial score (nSPS) is 12.2. The monoisotopic (exact) mass is 262 g/mol. The molecular formula is C14H15ClN2O. The van der Waals surface area contributed by atoms with Crippen LogP contribution in [-0.2, 0) is 6.61 Å². The lowest BCUT2D eigenvalue weighted by Gasteiger charge is -2.08. The molecule has 94 valence electrons. The number of rotatable bonds is 4. The molecule has 2 rings (SSSR count). The summed E-state index contributed by atoms with van der Waals surface area (Å²) in [6, 6.07) is 11.3. The molecule has 1 aromatic carbocycles. The lowest BCUT2D eigenvalue weighted by molar-refractivity contribution is 0.304. The average molecular weight is 263 g/mol. The number of pyridine rings is 1. The molecule has 2 aromatic rings. The zero-order chi connectivity index (χ0) is 13.0. The van der Waals surface area contributed by atoms with E-state index < -0.39 is 0 Å². The minimum atomic E-state index is -0.0599.